The number of hydrogen-bond acceptors (Lipinski definition) is 3. The molecule has 4 nitrogen and oxygen atoms in total. The van der Waals surface area contributed by atoms with Crippen LogP contribution < -0.4 is 0 Å². The fourth-order valence-electron chi connectivity index (χ4n) is 1.48. The maximum Gasteiger partial charge on any atom is 0.111 e. The van der Waals surface area contributed by atoms with Crippen molar-refractivity contribution in [2.24, 2.45) is 0 Å². The molecule has 2 saturated heterocycles. The number of rotatable bonds is 4. The number of ether oxygens (including phenoxy) is 2. The van der Waals surface area contributed by atoms with E-state index in [1.165, 1.54) is 0 Å². The lowest BCUT2D eigenvalue weighted by Gasteiger charge is -2.03. The Morgan fingerprint density at radius 2 is 2.15 bits per heavy atom. The summed E-state index contributed by atoms with van der Waals surface area (Å²) in [5.74, 6) is 1.12. The Kier molecular flexibility index (Phi) is 1.63. The Bertz CT molecular complexity index is 274. The molecule has 70 valence electrons. The molecule has 13 heavy (non-hydrogen) atoms. The lowest BCUT2D eigenvalue weighted by molar-refractivity contribution is 0.373. The molecule has 3 rings (SSSR count). The average Bonchev–Trinajstić information content (AvgIpc) is 2.95. The maximum absolute atomic E-state index is 5.18. The molecule has 2 fully saturated rings. The van der Waals surface area contributed by atoms with E-state index in [4.69, 9.17) is 9.47 Å². The molecule has 2 aliphatic rings. The van der Waals surface area contributed by atoms with Crippen molar-refractivity contribution >= 4 is 0 Å². The molecule has 0 saturated carbocycles. The molecule has 4 heteroatoms. The molecule has 0 bridgehead atoms. The Morgan fingerprint density at radius 3 is 2.85 bits per heavy atom. The van der Waals surface area contributed by atoms with E-state index in [0.717, 1.165) is 32.0 Å². The number of aromatic nitrogens is 2. The highest BCUT2D eigenvalue weighted by Gasteiger charge is 2.27. The van der Waals surface area contributed by atoms with Gasteiger partial charge in [0, 0.05) is 18.8 Å². The third-order valence-electron chi connectivity index (χ3n) is 2.42. The van der Waals surface area contributed by atoms with Crippen molar-refractivity contribution in [3.8, 4) is 0 Å². The second-order valence-corrected chi connectivity index (χ2v) is 3.61. The van der Waals surface area contributed by atoms with Crippen LogP contribution in [0.3, 0.4) is 0 Å². The van der Waals surface area contributed by atoms with Gasteiger partial charge in [-0.3, -0.25) is 0 Å². The third kappa shape index (κ3) is 1.73. The van der Waals surface area contributed by atoms with Crippen LogP contribution in [-0.2, 0) is 22.4 Å². The van der Waals surface area contributed by atoms with E-state index in [-0.39, 0.29) is 0 Å². The topological polar surface area (TPSA) is 42.9 Å². The monoisotopic (exact) mass is 180 g/mol. The minimum Gasteiger partial charge on any atom is -0.373 e. The van der Waals surface area contributed by atoms with E-state index >= 15 is 0 Å². The van der Waals surface area contributed by atoms with Gasteiger partial charge in [0.1, 0.15) is 5.82 Å². The highest BCUT2D eigenvalue weighted by molar-refractivity contribution is 4.97. The van der Waals surface area contributed by atoms with Gasteiger partial charge in [-0.05, 0) is 0 Å². The predicted octanol–water partition coefficient (Wildman–Crippen LogP) is 0.223. The zero-order chi connectivity index (χ0) is 8.67. The Hall–Kier alpha value is -0.870. The Labute approximate surface area is 76.5 Å². The molecule has 0 N–H and O–H groups in total. The molecule has 1 aromatic rings. The lowest BCUT2D eigenvalue weighted by atomic mass is 10.3. The van der Waals surface area contributed by atoms with Crippen LogP contribution in [0.1, 0.15) is 5.82 Å². The molecule has 0 radical (unpaired) electrons. The molecule has 0 spiro atoms. The first-order chi connectivity index (χ1) is 6.42. The van der Waals surface area contributed by atoms with E-state index < -0.39 is 0 Å². The minimum atomic E-state index is 0.418. The van der Waals surface area contributed by atoms with Gasteiger partial charge >= 0.3 is 0 Å². The Morgan fingerprint density at radius 1 is 1.38 bits per heavy atom. The standard InChI is InChI=1S/C9H12N2O2/c1-2-11(4-8-6-13-8)9(10-1)3-7-5-12-7/h1-2,7-8H,3-6H2. The largest absolute Gasteiger partial charge is 0.373 e. The van der Waals surface area contributed by atoms with E-state index in [1.54, 1.807) is 0 Å². The second-order valence-electron chi connectivity index (χ2n) is 3.61. The number of nitrogens with zero attached hydrogens (tertiary/aromatic N) is 2. The first-order valence-electron chi connectivity index (χ1n) is 4.65. The quantitative estimate of drug-likeness (QED) is 0.623. The van der Waals surface area contributed by atoms with Crippen molar-refractivity contribution in [1.82, 2.24) is 9.55 Å². The van der Waals surface area contributed by atoms with Crippen LogP contribution >= 0.6 is 0 Å². The van der Waals surface area contributed by atoms with Crippen molar-refractivity contribution in [2.75, 3.05) is 13.2 Å². The molecule has 1 aromatic heterocycles. The summed E-state index contributed by atoms with van der Waals surface area (Å²) in [6.07, 6.45) is 5.65. The van der Waals surface area contributed by atoms with Gasteiger partial charge in [0.15, 0.2) is 0 Å². The summed E-state index contributed by atoms with van der Waals surface area (Å²) in [6, 6.07) is 0. The normalized spacial score (nSPS) is 30.5. The van der Waals surface area contributed by atoms with Gasteiger partial charge in [-0.2, -0.15) is 0 Å². The van der Waals surface area contributed by atoms with Crippen LogP contribution in [-0.4, -0.2) is 35.0 Å². The fourth-order valence-corrected chi connectivity index (χ4v) is 1.48. The molecular weight excluding hydrogens is 168 g/mol. The molecule has 2 atom stereocenters. The summed E-state index contributed by atoms with van der Waals surface area (Å²) in [4.78, 5) is 4.30. The first kappa shape index (κ1) is 7.53. The van der Waals surface area contributed by atoms with Crippen LogP contribution in [0.2, 0.25) is 0 Å². The number of epoxide rings is 2. The third-order valence-corrected chi connectivity index (χ3v) is 2.42. The van der Waals surface area contributed by atoms with Crippen LogP contribution in [0.25, 0.3) is 0 Å². The smallest absolute Gasteiger partial charge is 0.111 e. The summed E-state index contributed by atoms with van der Waals surface area (Å²) in [6.45, 7) is 2.74. The SMILES string of the molecule is c1cn(CC2CO2)c(CC2CO2)n1. The highest BCUT2D eigenvalue weighted by atomic mass is 16.6. The van der Waals surface area contributed by atoms with Gasteiger partial charge in [-0.15, -0.1) is 0 Å². The van der Waals surface area contributed by atoms with Gasteiger partial charge in [-0.1, -0.05) is 0 Å². The van der Waals surface area contributed by atoms with Gasteiger partial charge in [0.25, 0.3) is 0 Å². The summed E-state index contributed by atoms with van der Waals surface area (Å²) < 4.78 is 12.5. The van der Waals surface area contributed by atoms with Gasteiger partial charge < -0.3 is 14.0 Å². The maximum atomic E-state index is 5.18. The molecular formula is C9H12N2O2. The zero-order valence-corrected chi connectivity index (χ0v) is 7.35. The van der Waals surface area contributed by atoms with Crippen molar-refractivity contribution in [1.29, 1.82) is 0 Å². The van der Waals surface area contributed by atoms with Crippen LogP contribution in [0.4, 0.5) is 0 Å². The van der Waals surface area contributed by atoms with Crippen molar-refractivity contribution < 1.29 is 9.47 Å². The lowest BCUT2D eigenvalue weighted by Crippen LogP contribution is -2.09. The number of hydrogen-bond donors (Lipinski definition) is 0. The zero-order valence-electron chi connectivity index (χ0n) is 7.35. The van der Waals surface area contributed by atoms with E-state index in [9.17, 15) is 0 Å². The van der Waals surface area contributed by atoms with Crippen molar-refractivity contribution in [3.05, 3.63) is 18.2 Å². The van der Waals surface area contributed by atoms with Crippen LogP contribution in [0.5, 0.6) is 0 Å². The van der Waals surface area contributed by atoms with E-state index in [2.05, 4.69) is 9.55 Å². The molecule has 3 heterocycles. The van der Waals surface area contributed by atoms with Crippen LogP contribution in [0, 0.1) is 0 Å². The molecule has 0 aromatic carbocycles. The van der Waals surface area contributed by atoms with E-state index in [0.29, 0.717) is 12.2 Å². The summed E-state index contributed by atoms with van der Waals surface area (Å²) in [5, 5.41) is 0. The minimum absolute atomic E-state index is 0.418. The molecule has 0 aliphatic carbocycles. The highest BCUT2D eigenvalue weighted by Crippen LogP contribution is 2.17. The van der Waals surface area contributed by atoms with Crippen molar-refractivity contribution in [2.45, 2.75) is 25.2 Å². The Balaban J connectivity index is 1.70. The number of imidazole rings is 1. The summed E-state index contributed by atoms with van der Waals surface area (Å²) in [5.41, 5.74) is 0. The van der Waals surface area contributed by atoms with E-state index in [1.807, 2.05) is 12.4 Å². The summed E-state index contributed by atoms with van der Waals surface area (Å²) in [7, 11) is 0. The average molecular weight is 180 g/mol. The summed E-state index contributed by atoms with van der Waals surface area (Å²) >= 11 is 0. The molecule has 2 aliphatic heterocycles. The van der Waals surface area contributed by atoms with Gasteiger partial charge in [0.05, 0.1) is 32.0 Å². The van der Waals surface area contributed by atoms with Crippen molar-refractivity contribution in [3.63, 3.8) is 0 Å². The predicted molar refractivity (Wildman–Crippen MR) is 45.4 cm³/mol. The van der Waals surface area contributed by atoms with Gasteiger partial charge in [-0.25, -0.2) is 4.98 Å². The molecule has 0 amide bonds. The first-order valence-corrected chi connectivity index (χ1v) is 4.65. The second kappa shape index (κ2) is 2.82. The van der Waals surface area contributed by atoms with Crippen LogP contribution in [0.15, 0.2) is 12.4 Å². The van der Waals surface area contributed by atoms with Gasteiger partial charge in [0.2, 0.25) is 0 Å². The fraction of sp³-hybridized carbons (Fsp3) is 0.667. The molecule has 2 unspecified atom stereocenters.